The van der Waals surface area contributed by atoms with Crippen molar-refractivity contribution in [1.82, 2.24) is 4.90 Å². The summed E-state index contributed by atoms with van der Waals surface area (Å²) in [5, 5.41) is 0. The number of likely N-dealkylation sites (tertiary alicyclic amines) is 1. The molecule has 0 unspecified atom stereocenters. The molecule has 0 radical (unpaired) electrons. The molecule has 3 rings (SSSR count). The maximum atomic E-state index is 6.12. The molecule has 2 aromatic carbocycles. The Hall–Kier alpha value is -2.00. The van der Waals surface area contributed by atoms with E-state index >= 15 is 0 Å². The SMILES string of the molecule is CCc1ccccc1OCCCN1CCC[C@@H]1Oc1ccccc1. The van der Waals surface area contributed by atoms with E-state index in [-0.39, 0.29) is 6.23 Å². The van der Waals surface area contributed by atoms with Gasteiger partial charge in [-0.1, -0.05) is 43.3 Å². The third-order valence-corrected chi connectivity index (χ3v) is 4.52. The molecule has 1 aliphatic heterocycles. The van der Waals surface area contributed by atoms with Crippen molar-refractivity contribution in [3.63, 3.8) is 0 Å². The molecule has 1 heterocycles. The molecule has 0 aromatic heterocycles. The van der Waals surface area contributed by atoms with Crippen LogP contribution in [0, 0.1) is 0 Å². The fraction of sp³-hybridized carbons (Fsp3) is 0.429. The Morgan fingerprint density at radius 2 is 1.83 bits per heavy atom. The quantitative estimate of drug-likeness (QED) is 0.666. The van der Waals surface area contributed by atoms with Crippen molar-refractivity contribution in [2.24, 2.45) is 0 Å². The monoisotopic (exact) mass is 325 g/mol. The van der Waals surface area contributed by atoms with Crippen molar-refractivity contribution in [3.8, 4) is 11.5 Å². The highest BCUT2D eigenvalue weighted by Crippen LogP contribution is 2.22. The maximum absolute atomic E-state index is 6.12. The Balaban J connectivity index is 1.44. The van der Waals surface area contributed by atoms with Gasteiger partial charge in [0.25, 0.3) is 0 Å². The number of rotatable bonds is 8. The number of hydrogen-bond donors (Lipinski definition) is 0. The van der Waals surface area contributed by atoms with Gasteiger partial charge in [0.1, 0.15) is 11.5 Å². The van der Waals surface area contributed by atoms with Crippen molar-refractivity contribution in [2.45, 2.75) is 38.8 Å². The summed E-state index contributed by atoms with van der Waals surface area (Å²) in [4.78, 5) is 2.43. The summed E-state index contributed by atoms with van der Waals surface area (Å²) in [5.74, 6) is 1.99. The smallest absolute Gasteiger partial charge is 0.152 e. The first-order chi connectivity index (χ1) is 11.9. The molecular formula is C21H27NO2. The number of aryl methyl sites for hydroxylation is 1. The molecular weight excluding hydrogens is 298 g/mol. The van der Waals surface area contributed by atoms with Crippen molar-refractivity contribution in [1.29, 1.82) is 0 Å². The van der Waals surface area contributed by atoms with Gasteiger partial charge in [-0.2, -0.15) is 0 Å². The van der Waals surface area contributed by atoms with Crippen LogP contribution in [-0.2, 0) is 6.42 Å². The molecule has 1 aliphatic rings. The first kappa shape index (κ1) is 16.8. The Morgan fingerprint density at radius 3 is 2.67 bits per heavy atom. The topological polar surface area (TPSA) is 21.7 Å². The molecule has 3 heteroatoms. The van der Waals surface area contributed by atoms with Gasteiger partial charge >= 0.3 is 0 Å². The van der Waals surface area contributed by atoms with Crippen molar-refractivity contribution < 1.29 is 9.47 Å². The van der Waals surface area contributed by atoms with Crippen LogP contribution in [0.25, 0.3) is 0 Å². The van der Waals surface area contributed by atoms with E-state index in [9.17, 15) is 0 Å². The first-order valence-electron chi connectivity index (χ1n) is 9.03. The third-order valence-electron chi connectivity index (χ3n) is 4.52. The third kappa shape index (κ3) is 4.51. The van der Waals surface area contributed by atoms with E-state index in [1.54, 1.807) is 0 Å². The van der Waals surface area contributed by atoms with E-state index in [0.717, 1.165) is 50.5 Å². The molecule has 24 heavy (non-hydrogen) atoms. The van der Waals surface area contributed by atoms with Crippen LogP contribution in [0.15, 0.2) is 54.6 Å². The Bertz CT molecular complexity index is 614. The molecule has 0 amide bonds. The maximum Gasteiger partial charge on any atom is 0.152 e. The van der Waals surface area contributed by atoms with Gasteiger partial charge in [-0.05, 0) is 49.4 Å². The number of nitrogens with zero attached hydrogens (tertiary/aromatic N) is 1. The van der Waals surface area contributed by atoms with Gasteiger partial charge in [0.15, 0.2) is 6.23 Å². The molecule has 0 spiro atoms. The Morgan fingerprint density at radius 1 is 1.04 bits per heavy atom. The molecule has 1 fully saturated rings. The minimum atomic E-state index is 0.204. The minimum Gasteiger partial charge on any atom is -0.493 e. The molecule has 0 aliphatic carbocycles. The van der Waals surface area contributed by atoms with Crippen LogP contribution in [0.5, 0.6) is 11.5 Å². The summed E-state index contributed by atoms with van der Waals surface area (Å²) < 4.78 is 12.1. The summed E-state index contributed by atoms with van der Waals surface area (Å²) in [6, 6.07) is 18.4. The zero-order valence-electron chi connectivity index (χ0n) is 14.5. The fourth-order valence-electron chi connectivity index (χ4n) is 3.23. The van der Waals surface area contributed by atoms with Gasteiger partial charge in [-0.3, -0.25) is 4.90 Å². The Labute approximate surface area is 145 Å². The van der Waals surface area contributed by atoms with E-state index in [0.29, 0.717) is 0 Å². The average Bonchev–Trinajstić information content (AvgIpc) is 3.07. The predicted octanol–water partition coefficient (Wildman–Crippen LogP) is 4.52. The zero-order chi connectivity index (χ0) is 16.6. The highest BCUT2D eigenvalue weighted by atomic mass is 16.5. The van der Waals surface area contributed by atoms with E-state index in [2.05, 4.69) is 30.0 Å². The molecule has 0 N–H and O–H groups in total. The van der Waals surface area contributed by atoms with Crippen LogP contribution in [-0.4, -0.2) is 30.8 Å². The summed E-state index contributed by atoms with van der Waals surface area (Å²) in [6.45, 7) is 5.05. The predicted molar refractivity (Wildman–Crippen MR) is 97.6 cm³/mol. The van der Waals surface area contributed by atoms with Crippen LogP contribution in [0.4, 0.5) is 0 Å². The summed E-state index contributed by atoms with van der Waals surface area (Å²) in [5.41, 5.74) is 1.28. The number of hydrogen-bond acceptors (Lipinski definition) is 3. The van der Waals surface area contributed by atoms with Gasteiger partial charge in [-0.25, -0.2) is 0 Å². The highest BCUT2D eigenvalue weighted by Gasteiger charge is 2.25. The molecule has 3 nitrogen and oxygen atoms in total. The van der Waals surface area contributed by atoms with Gasteiger partial charge in [0, 0.05) is 13.1 Å². The van der Waals surface area contributed by atoms with E-state index in [1.165, 1.54) is 12.0 Å². The lowest BCUT2D eigenvalue weighted by Gasteiger charge is -2.25. The second-order valence-electron chi connectivity index (χ2n) is 6.23. The second-order valence-corrected chi connectivity index (χ2v) is 6.23. The molecule has 2 aromatic rings. The van der Waals surface area contributed by atoms with Gasteiger partial charge in [0.2, 0.25) is 0 Å². The largest absolute Gasteiger partial charge is 0.493 e. The van der Waals surface area contributed by atoms with Crippen LogP contribution in [0.1, 0.15) is 31.7 Å². The summed E-state index contributed by atoms with van der Waals surface area (Å²) in [7, 11) is 0. The van der Waals surface area contributed by atoms with Crippen LogP contribution in [0.3, 0.4) is 0 Å². The summed E-state index contributed by atoms with van der Waals surface area (Å²) >= 11 is 0. The van der Waals surface area contributed by atoms with Crippen molar-refractivity contribution >= 4 is 0 Å². The van der Waals surface area contributed by atoms with Gasteiger partial charge in [0.05, 0.1) is 6.61 Å². The van der Waals surface area contributed by atoms with Gasteiger partial charge in [-0.15, -0.1) is 0 Å². The van der Waals surface area contributed by atoms with Crippen molar-refractivity contribution in [2.75, 3.05) is 19.7 Å². The summed E-state index contributed by atoms with van der Waals surface area (Å²) in [6.07, 6.45) is 4.54. The fourth-order valence-corrected chi connectivity index (χ4v) is 3.23. The number of para-hydroxylation sites is 2. The molecule has 128 valence electrons. The number of benzene rings is 2. The second kappa shape index (κ2) is 8.74. The van der Waals surface area contributed by atoms with Crippen LogP contribution >= 0.6 is 0 Å². The number of ether oxygens (including phenoxy) is 2. The lowest BCUT2D eigenvalue weighted by atomic mass is 10.1. The first-order valence-corrected chi connectivity index (χ1v) is 9.03. The minimum absolute atomic E-state index is 0.204. The zero-order valence-corrected chi connectivity index (χ0v) is 14.5. The lowest BCUT2D eigenvalue weighted by molar-refractivity contribution is 0.0570. The molecule has 1 saturated heterocycles. The lowest BCUT2D eigenvalue weighted by Crippen LogP contribution is -2.35. The standard InChI is InChI=1S/C21H27NO2/c1-2-18-10-6-7-13-20(18)23-17-9-16-22-15-8-14-21(22)24-19-11-4-3-5-12-19/h3-7,10-13,21H,2,8-9,14-17H2,1H3/t21-/m0/s1. The van der Waals surface area contributed by atoms with Crippen LogP contribution in [0.2, 0.25) is 0 Å². The average molecular weight is 325 g/mol. The van der Waals surface area contributed by atoms with E-state index < -0.39 is 0 Å². The van der Waals surface area contributed by atoms with Crippen molar-refractivity contribution in [3.05, 3.63) is 60.2 Å². The molecule has 1 atom stereocenters. The van der Waals surface area contributed by atoms with E-state index in [1.807, 2.05) is 36.4 Å². The van der Waals surface area contributed by atoms with E-state index in [4.69, 9.17) is 9.47 Å². The molecule has 0 saturated carbocycles. The molecule has 0 bridgehead atoms. The highest BCUT2D eigenvalue weighted by molar-refractivity contribution is 5.33. The van der Waals surface area contributed by atoms with Crippen LogP contribution < -0.4 is 9.47 Å². The van der Waals surface area contributed by atoms with Gasteiger partial charge < -0.3 is 9.47 Å². The normalized spacial score (nSPS) is 17.8. The Kier molecular flexibility index (Phi) is 6.13.